The van der Waals surface area contributed by atoms with Crippen LogP contribution >= 0.6 is 11.8 Å². The number of amides is 2. The highest BCUT2D eigenvalue weighted by Crippen LogP contribution is 2.18. The number of carbonyl (C=O) groups is 2. The van der Waals surface area contributed by atoms with Gasteiger partial charge in [0.05, 0.1) is 30.2 Å². The first-order valence-corrected chi connectivity index (χ1v) is 9.79. The molecule has 0 aromatic carbocycles. The van der Waals surface area contributed by atoms with Crippen LogP contribution in [0, 0.1) is 0 Å². The zero-order chi connectivity index (χ0) is 16.9. The molecule has 8 heteroatoms. The van der Waals surface area contributed by atoms with Crippen LogP contribution in [0.15, 0.2) is 6.20 Å². The van der Waals surface area contributed by atoms with E-state index in [1.807, 2.05) is 15.8 Å². The number of hydrogen-bond acceptors (Lipinski definition) is 5. The van der Waals surface area contributed by atoms with Crippen molar-refractivity contribution in [3.05, 3.63) is 17.5 Å². The summed E-state index contributed by atoms with van der Waals surface area (Å²) < 4.78 is 7.59. The number of nitrogens with zero attached hydrogens (tertiary/aromatic N) is 3. The van der Waals surface area contributed by atoms with E-state index in [2.05, 4.69) is 10.4 Å². The molecule has 132 valence electrons. The SMILES string of the molecule is CSCCC(=O)N1CCOC(CNC(=O)c2cnn3c2CCC3)C1. The van der Waals surface area contributed by atoms with Gasteiger partial charge in [0.2, 0.25) is 5.91 Å². The maximum absolute atomic E-state index is 12.4. The fraction of sp³-hybridized carbons (Fsp3) is 0.688. The first-order valence-electron chi connectivity index (χ1n) is 8.40. The summed E-state index contributed by atoms with van der Waals surface area (Å²) in [6.45, 7) is 3.00. The quantitative estimate of drug-likeness (QED) is 0.809. The van der Waals surface area contributed by atoms with Crippen LogP contribution in [0.2, 0.25) is 0 Å². The standard InChI is InChI=1S/C16H24N4O3S/c1-24-8-4-15(21)19-6-7-23-12(11-19)9-17-16(22)13-10-18-20-5-2-3-14(13)20/h10,12H,2-9,11H2,1H3,(H,17,22). The van der Waals surface area contributed by atoms with Crippen molar-refractivity contribution in [2.45, 2.75) is 31.9 Å². The van der Waals surface area contributed by atoms with E-state index >= 15 is 0 Å². The molecule has 1 aromatic heterocycles. The highest BCUT2D eigenvalue weighted by atomic mass is 32.2. The molecule has 24 heavy (non-hydrogen) atoms. The number of thioether (sulfide) groups is 1. The van der Waals surface area contributed by atoms with Crippen LogP contribution in [0.5, 0.6) is 0 Å². The number of rotatable bonds is 6. The zero-order valence-electron chi connectivity index (χ0n) is 14.0. The minimum Gasteiger partial charge on any atom is -0.373 e. The summed E-state index contributed by atoms with van der Waals surface area (Å²) in [4.78, 5) is 26.3. The summed E-state index contributed by atoms with van der Waals surface area (Å²) in [6.07, 6.45) is 6.00. The molecule has 3 heterocycles. The number of fused-ring (bicyclic) bond motifs is 1. The van der Waals surface area contributed by atoms with Gasteiger partial charge in [0.25, 0.3) is 5.91 Å². The van der Waals surface area contributed by atoms with E-state index in [0.717, 1.165) is 30.8 Å². The van der Waals surface area contributed by atoms with Crippen LogP contribution in [0.25, 0.3) is 0 Å². The Morgan fingerprint density at radius 3 is 3.17 bits per heavy atom. The molecule has 1 unspecified atom stereocenters. The molecular formula is C16H24N4O3S. The first-order chi connectivity index (χ1) is 11.7. The molecule has 7 nitrogen and oxygen atoms in total. The summed E-state index contributed by atoms with van der Waals surface area (Å²) in [7, 11) is 0. The summed E-state index contributed by atoms with van der Waals surface area (Å²) in [6, 6.07) is 0. The van der Waals surface area contributed by atoms with E-state index in [0.29, 0.717) is 38.2 Å². The van der Waals surface area contributed by atoms with E-state index in [1.165, 1.54) is 0 Å². The monoisotopic (exact) mass is 352 g/mol. The number of hydrogen-bond donors (Lipinski definition) is 1. The molecule has 0 radical (unpaired) electrons. The van der Waals surface area contributed by atoms with Crippen LogP contribution < -0.4 is 5.32 Å². The maximum Gasteiger partial charge on any atom is 0.254 e. The first kappa shape index (κ1) is 17.3. The third-order valence-electron chi connectivity index (χ3n) is 4.48. The Morgan fingerprint density at radius 1 is 1.46 bits per heavy atom. The molecule has 0 spiro atoms. The fourth-order valence-corrected chi connectivity index (χ4v) is 3.55. The van der Waals surface area contributed by atoms with Gasteiger partial charge in [0, 0.05) is 38.4 Å². The second-order valence-corrected chi connectivity index (χ2v) is 7.10. The molecule has 2 aliphatic rings. The van der Waals surface area contributed by atoms with Gasteiger partial charge >= 0.3 is 0 Å². The van der Waals surface area contributed by atoms with Gasteiger partial charge in [-0.15, -0.1) is 0 Å². The predicted molar refractivity (Wildman–Crippen MR) is 92.2 cm³/mol. The van der Waals surface area contributed by atoms with Crippen molar-refractivity contribution in [2.75, 3.05) is 38.2 Å². The average Bonchev–Trinajstić information content (AvgIpc) is 3.21. The molecule has 1 fully saturated rings. The Morgan fingerprint density at radius 2 is 2.33 bits per heavy atom. The number of ether oxygens (including phenoxy) is 1. The molecule has 1 atom stereocenters. The second-order valence-electron chi connectivity index (χ2n) is 6.12. The van der Waals surface area contributed by atoms with Gasteiger partial charge in [-0.05, 0) is 19.1 Å². The highest BCUT2D eigenvalue weighted by Gasteiger charge is 2.26. The van der Waals surface area contributed by atoms with Crippen LogP contribution in [0.3, 0.4) is 0 Å². The summed E-state index contributed by atoms with van der Waals surface area (Å²) in [5, 5.41) is 7.17. The Balaban J connectivity index is 1.49. The number of aromatic nitrogens is 2. The number of morpholine rings is 1. The predicted octanol–water partition coefficient (Wildman–Crippen LogP) is 0.540. The van der Waals surface area contributed by atoms with E-state index in [1.54, 1.807) is 18.0 Å². The topological polar surface area (TPSA) is 76.5 Å². The summed E-state index contributed by atoms with van der Waals surface area (Å²) >= 11 is 1.67. The van der Waals surface area contributed by atoms with Crippen molar-refractivity contribution in [1.82, 2.24) is 20.0 Å². The van der Waals surface area contributed by atoms with E-state index in [9.17, 15) is 9.59 Å². The largest absolute Gasteiger partial charge is 0.373 e. The molecule has 1 aromatic rings. The van der Waals surface area contributed by atoms with Gasteiger partial charge < -0.3 is 15.0 Å². The van der Waals surface area contributed by atoms with E-state index in [4.69, 9.17) is 4.74 Å². The summed E-state index contributed by atoms with van der Waals surface area (Å²) in [5.74, 6) is 0.899. The lowest BCUT2D eigenvalue weighted by molar-refractivity contribution is -0.138. The maximum atomic E-state index is 12.4. The molecule has 2 amide bonds. The molecule has 1 N–H and O–H groups in total. The van der Waals surface area contributed by atoms with Crippen molar-refractivity contribution >= 4 is 23.6 Å². The Bertz CT molecular complexity index is 604. The lowest BCUT2D eigenvalue weighted by Gasteiger charge is -2.33. The number of aryl methyl sites for hydroxylation is 1. The summed E-state index contributed by atoms with van der Waals surface area (Å²) in [5.41, 5.74) is 1.68. The van der Waals surface area contributed by atoms with Crippen molar-refractivity contribution in [1.29, 1.82) is 0 Å². The Kier molecular flexibility index (Phi) is 5.78. The van der Waals surface area contributed by atoms with E-state index < -0.39 is 0 Å². The fourth-order valence-electron chi connectivity index (χ4n) is 3.17. The normalized spacial score (nSPS) is 20.0. The Labute approximate surface area is 146 Å². The van der Waals surface area contributed by atoms with Crippen LogP contribution in [0.1, 0.15) is 28.9 Å². The molecule has 2 aliphatic heterocycles. The van der Waals surface area contributed by atoms with Crippen LogP contribution in [-0.2, 0) is 22.5 Å². The Hall–Kier alpha value is -1.54. The van der Waals surface area contributed by atoms with Gasteiger partial charge in [-0.2, -0.15) is 16.9 Å². The lowest BCUT2D eigenvalue weighted by atomic mass is 10.2. The van der Waals surface area contributed by atoms with Gasteiger partial charge in [-0.1, -0.05) is 0 Å². The van der Waals surface area contributed by atoms with Crippen molar-refractivity contribution in [3.63, 3.8) is 0 Å². The average molecular weight is 352 g/mol. The molecule has 0 saturated carbocycles. The van der Waals surface area contributed by atoms with Gasteiger partial charge in [-0.3, -0.25) is 14.3 Å². The number of carbonyl (C=O) groups excluding carboxylic acids is 2. The molecule has 0 aliphatic carbocycles. The smallest absolute Gasteiger partial charge is 0.254 e. The second kappa shape index (κ2) is 8.02. The minimum atomic E-state index is -0.149. The molecule has 3 rings (SSSR count). The molecular weight excluding hydrogens is 328 g/mol. The van der Waals surface area contributed by atoms with Crippen molar-refractivity contribution in [2.24, 2.45) is 0 Å². The van der Waals surface area contributed by atoms with Crippen LogP contribution in [0.4, 0.5) is 0 Å². The van der Waals surface area contributed by atoms with E-state index in [-0.39, 0.29) is 17.9 Å². The highest BCUT2D eigenvalue weighted by molar-refractivity contribution is 7.98. The zero-order valence-corrected chi connectivity index (χ0v) is 14.8. The van der Waals surface area contributed by atoms with Crippen molar-refractivity contribution < 1.29 is 14.3 Å². The number of nitrogens with one attached hydrogen (secondary N) is 1. The van der Waals surface area contributed by atoms with Gasteiger partial charge in [0.1, 0.15) is 0 Å². The minimum absolute atomic E-state index is 0.104. The third kappa shape index (κ3) is 3.92. The van der Waals surface area contributed by atoms with Crippen LogP contribution in [-0.4, -0.2) is 70.8 Å². The van der Waals surface area contributed by atoms with Crippen molar-refractivity contribution in [3.8, 4) is 0 Å². The van der Waals surface area contributed by atoms with Gasteiger partial charge in [0.15, 0.2) is 0 Å². The van der Waals surface area contributed by atoms with Gasteiger partial charge in [-0.25, -0.2) is 0 Å². The molecule has 1 saturated heterocycles. The third-order valence-corrected chi connectivity index (χ3v) is 5.09. The lowest BCUT2D eigenvalue weighted by Crippen LogP contribution is -2.49. The molecule has 0 bridgehead atoms.